The van der Waals surface area contributed by atoms with Crippen molar-refractivity contribution in [2.45, 2.75) is 59.5 Å². The SMILES string of the molecule is CCNC(=NCCC(=O)N1CCc2sccc2C1)NC(C)Cc1c(C)nn(C)c1C.I. The van der Waals surface area contributed by atoms with Crippen LogP contribution in [0.4, 0.5) is 0 Å². The van der Waals surface area contributed by atoms with Gasteiger partial charge >= 0.3 is 0 Å². The van der Waals surface area contributed by atoms with Crippen molar-refractivity contribution in [2.24, 2.45) is 12.0 Å². The molecule has 2 aromatic rings. The van der Waals surface area contributed by atoms with E-state index in [-0.39, 0.29) is 35.9 Å². The number of thiophene rings is 1. The molecule has 0 spiro atoms. The van der Waals surface area contributed by atoms with E-state index in [2.05, 4.69) is 59.9 Å². The van der Waals surface area contributed by atoms with E-state index in [4.69, 9.17) is 0 Å². The van der Waals surface area contributed by atoms with Crippen molar-refractivity contribution in [3.05, 3.63) is 38.8 Å². The van der Waals surface area contributed by atoms with Gasteiger partial charge in [0.1, 0.15) is 0 Å². The molecule has 0 fully saturated rings. The molecule has 0 radical (unpaired) electrons. The number of halogens is 1. The highest BCUT2D eigenvalue weighted by atomic mass is 127. The number of nitrogens with zero attached hydrogens (tertiary/aromatic N) is 4. The lowest BCUT2D eigenvalue weighted by Crippen LogP contribution is -2.43. The van der Waals surface area contributed by atoms with Crippen molar-refractivity contribution in [3.63, 3.8) is 0 Å². The second kappa shape index (κ2) is 11.8. The molecule has 3 rings (SSSR count). The van der Waals surface area contributed by atoms with Crippen molar-refractivity contribution in [3.8, 4) is 0 Å². The quantitative estimate of drug-likeness (QED) is 0.311. The molecule has 1 amide bonds. The third kappa shape index (κ3) is 6.68. The maximum absolute atomic E-state index is 12.6. The Bertz CT molecular complexity index is 906. The molecule has 1 unspecified atom stereocenters. The van der Waals surface area contributed by atoms with Gasteiger partial charge in [-0.2, -0.15) is 5.10 Å². The second-order valence-electron chi connectivity index (χ2n) is 7.97. The predicted octanol–water partition coefficient (Wildman–Crippen LogP) is 3.18. The first-order chi connectivity index (χ1) is 14.4. The zero-order valence-corrected chi connectivity index (χ0v) is 22.3. The third-order valence-electron chi connectivity index (χ3n) is 5.65. The minimum Gasteiger partial charge on any atom is -0.357 e. The molecule has 1 atom stereocenters. The molecular weight excluding hydrogens is 523 g/mol. The van der Waals surface area contributed by atoms with Gasteiger partial charge in [0.25, 0.3) is 0 Å². The lowest BCUT2D eigenvalue weighted by Gasteiger charge is -2.27. The summed E-state index contributed by atoms with van der Waals surface area (Å²) in [7, 11) is 1.98. The fraction of sp³-hybridized carbons (Fsp3) is 0.591. The van der Waals surface area contributed by atoms with Crippen LogP contribution in [0.2, 0.25) is 0 Å². The van der Waals surface area contributed by atoms with Gasteiger partial charge in [-0.05, 0) is 63.1 Å². The Kier molecular flexibility index (Phi) is 9.80. The van der Waals surface area contributed by atoms with Crippen LogP contribution >= 0.6 is 35.3 Å². The summed E-state index contributed by atoms with van der Waals surface area (Å²) in [6, 6.07) is 2.34. The maximum Gasteiger partial charge on any atom is 0.224 e. The normalized spacial score (nSPS) is 14.6. The zero-order valence-electron chi connectivity index (χ0n) is 19.2. The molecule has 172 valence electrons. The van der Waals surface area contributed by atoms with E-state index in [0.29, 0.717) is 13.0 Å². The number of aliphatic imine (C=N–C) groups is 1. The first kappa shape index (κ1) is 25.6. The zero-order chi connectivity index (χ0) is 21.7. The van der Waals surface area contributed by atoms with E-state index in [1.54, 1.807) is 11.3 Å². The molecule has 0 bridgehead atoms. The Morgan fingerprint density at radius 3 is 2.84 bits per heavy atom. The molecule has 7 nitrogen and oxygen atoms in total. The Morgan fingerprint density at radius 1 is 1.39 bits per heavy atom. The molecule has 0 saturated heterocycles. The van der Waals surface area contributed by atoms with Crippen molar-refractivity contribution >= 4 is 47.2 Å². The molecule has 0 aromatic carbocycles. The van der Waals surface area contributed by atoms with Gasteiger partial charge in [-0.1, -0.05) is 0 Å². The van der Waals surface area contributed by atoms with Crippen molar-refractivity contribution in [2.75, 3.05) is 19.6 Å². The number of aromatic nitrogens is 2. The minimum atomic E-state index is 0. The van der Waals surface area contributed by atoms with Crippen LogP contribution in [0, 0.1) is 13.8 Å². The van der Waals surface area contributed by atoms with Gasteiger partial charge in [-0.25, -0.2) is 0 Å². The number of fused-ring (bicyclic) bond motifs is 1. The molecule has 2 N–H and O–H groups in total. The smallest absolute Gasteiger partial charge is 0.224 e. The van der Waals surface area contributed by atoms with Crippen LogP contribution < -0.4 is 10.6 Å². The summed E-state index contributed by atoms with van der Waals surface area (Å²) >= 11 is 1.79. The minimum absolute atomic E-state index is 0. The second-order valence-corrected chi connectivity index (χ2v) is 8.97. The number of carbonyl (C=O) groups excluding carboxylic acids is 1. The molecular formula is C22H35IN6OS. The fourth-order valence-electron chi connectivity index (χ4n) is 3.91. The highest BCUT2D eigenvalue weighted by molar-refractivity contribution is 14.0. The highest BCUT2D eigenvalue weighted by Crippen LogP contribution is 2.24. The Hall–Kier alpha value is -1.62. The highest BCUT2D eigenvalue weighted by Gasteiger charge is 2.21. The van der Waals surface area contributed by atoms with E-state index in [9.17, 15) is 4.79 Å². The van der Waals surface area contributed by atoms with Gasteiger partial charge in [0.15, 0.2) is 5.96 Å². The maximum atomic E-state index is 12.6. The number of nitrogens with one attached hydrogen (secondary N) is 2. The average molecular weight is 559 g/mol. The van der Waals surface area contributed by atoms with Crippen LogP contribution in [0.5, 0.6) is 0 Å². The van der Waals surface area contributed by atoms with Crippen molar-refractivity contribution in [1.82, 2.24) is 25.3 Å². The van der Waals surface area contributed by atoms with E-state index in [1.807, 2.05) is 16.6 Å². The van der Waals surface area contributed by atoms with Crippen LogP contribution in [0.1, 0.15) is 47.7 Å². The van der Waals surface area contributed by atoms with Gasteiger partial charge in [0.2, 0.25) is 5.91 Å². The van der Waals surface area contributed by atoms with E-state index in [1.165, 1.54) is 21.7 Å². The monoisotopic (exact) mass is 558 g/mol. The predicted molar refractivity (Wildman–Crippen MR) is 138 cm³/mol. The number of aryl methyl sites for hydroxylation is 2. The molecule has 9 heteroatoms. The summed E-state index contributed by atoms with van der Waals surface area (Å²) < 4.78 is 1.93. The van der Waals surface area contributed by atoms with Gasteiger partial charge < -0.3 is 15.5 Å². The topological polar surface area (TPSA) is 74.6 Å². The first-order valence-corrected chi connectivity index (χ1v) is 11.6. The number of amides is 1. The summed E-state index contributed by atoms with van der Waals surface area (Å²) in [5.74, 6) is 0.942. The molecule has 1 aliphatic heterocycles. The van der Waals surface area contributed by atoms with Crippen LogP contribution in [-0.4, -0.2) is 52.2 Å². The summed E-state index contributed by atoms with van der Waals surface area (Å²) in [6.07, 6.45) is 2.29. The summed E-state index contributed by atoms with van der Waals surface area (Å²) in [5.41, 5.74) is 4.85. The largest absolute Gasteiger partial charge is 0.357 e. The Morgan fingerprint density at radius 2 is 2.16 bits per heavy atom. The third-order valence-corrected chi connectivity index (χ3v) is 6.68. The van der Waals surface area contributed by atoms with Gasteiger partial charge in [-0.15, -0.1) is 35.3 Å². The summed E-state index contributed by atoms with van der Waals surface area (Å²) in [6.45, 7) is 11.2. The van der Waals surface area contributed by atoms with Crippen molar-refractivity contribution < 1.29 is 4.79 Å². The summed E-state index contributed by atoms with van der Waals surface area (Å²) in [4.78, 5) is 20.6. The Balaban J connectivity index is 0.00000341. The van der Waals surface area contributed by atoms with Gasteiger partial charge in [0.05, 0.1) is 12.2 Å². The number of hydrogen-bond acceptors (Lipinski definition) is 4. The lowest BCUT2D eigenvalue weighted by atomic mass is 10.1. The van der Waals surface area contributed by atoms with E-state index < -0.39 is 0 Å². The molecule has 0 aliphatic carbocycles. The average Bonchev–Trinajstić information content (AvgIpc) is 3.27. The van der Waals surface area contributed by atoms with Crippen molar-refractivity contribution in [1.29, 1.82) is 0 Å². The molecule has 1 aliphatic rings. The van der Waals surface area contributed by atoms with Crippen LogP contribution in [0.25, 0.3) is 0 Å². The van der Waals surface area contributed by atoms with Crippen LogP contribution in [-0.2, 0) is 31.2 Å². The lowest BCUT2D eigenvalue weighted by molar-refractivity contribution is -0.131. The molecule has 2 aromatic heterocycles. The number of guanidine groups is 1. The number of carbonyl (C=O) groups is 1. The standard InChI is InChI=1S/C22H34N6OS.HI/c1-6-23-22(25-15(2)13-19-16(3)26-27(5)17(19)4)24-10-7-21(29)28-11-8-20-18(14-28)9-12-30-20;/h9,12,15H,6-8,10-11,13-14H2,1-5H3,(H2,23,24,25);1H. The van der Waals surface area contributed by atoms with Crippen LogP contribution in [0.3, 0.4) is 0 Å². The molecule has 31 heavy (non-hydrogen) atoms. The fourth-order valence-corrected chi connectivity index (χ4v) is 4.80. The van der Waals surface area contributed by atoms with Crippen LogP contribution in [0.15, 0.2) is 16.4 Å². The van der Waals surface area contributed by atoms with Gasteiger partial charge in [-0.3, -0.25) is 14.5 Å². The summed E-state index contributed by atoms with van der Waals surface area (Å²) in [5, 5.41) is 13.4. The van der Waals surface area contributed by atoms with E-state index in [0.717, 1.165) is 44.1 Å². The van der Waals surface area contributed by atoms with E-state index >= 15 is 0 Å². The first-order valence-electron chi connectivity index (χ1n) is 10.8. The molecule has 3 heterocycles. The van der Waals surface area contributed by atoms with Gasteiger partial charge in [0, 0.05) is 49.7 Å². The Labute approximate surface area is 206 Å². The number of rotatable bonds is 7. The molecule has 0 saturated carbocycles. The number of hydrogen-bond donors (Lipinski definition) is 2.